The van der Waals surface area contributed by atoms with Gasteiger partial charge >= 0.3 is 0 Å². The van der Waals surface area contributed by atoms with Gasteiger partial charge in [0.1, 0.15) is 11.0 Å². The van der Waals surface area contributed by atoms with Crippen LogP contribution in [0.25, 0.3) is 0 Å². The molecule has 0 aromatic carbocycles. The van der Waals surface area contributed by atoms with Crippen LogP contribution in [0.15, 0.2) is 6.07 Å². The van der Waals surface area contributed by atoms with Crippen molar-refractivity contribution in [3.8, 4) is 0 Å². The van der Waals surface area contributed by atoms with Crippen LogP contribution < -0.4 is 0 Å². The summed E-state index contributed by atoms with van der Waals surface area (Å²) in [5.41, 5.74) is 0.819. The van der Waals surface area contributed by atoms with Gasteiger partial charge in [-0.2, -0.15) is 0 Å². The SMILES string of the molecule is COCc1cc(Cl)nc(C2CCOC2)n1. The third-order valence-corrected chi connectivity index (χ3v) is 2.55. The van der Waals surface area contributed by atoms with Crippen LogP contribution in [0.4, 0.5) is 0 Å². The topological polar surface area (TPSA) is 44.2 Å². The van der Waals surface area contributed by atoms with E-state index in [-0.39, 0.29) is 5.92 Å². The van der Waals surface area contributed by atoms with Crippen molar-refractivity contribution in [1.29, 1.82) is 0 Å². The molecule has 0 amide bonds. The second-order valence-electron chi connectivity index (χ2n) is 3.53. The van der Waals surface area contributed by atoms with E-state index in [1.807, 2.05) is 0 Å². The fourth-order valence-electron chi connectivity index (χ4n) is 1.63. The van der Waals surface area contributed by atoms with E-state index in [0.717, 1.165) is 24.5 Å². The first-order chi connectivity index (χ1) is 7.29. The number of methoxy groups -OCH3 is 1. The zero-order valence-electron chi connectivity index (χ0n) is 8.57. The molecule has 0 aliphatic carbocycles. The lowest BCUT2D eigenvalue weighted by molar-refractivity contribution is 0.180. The van der Waals surface area contributed by atoms with Crippen LogP contribution in [0.5, 0.6) is 0 Å². The third-order valence-electron chi connectivity index (χ3n) is 2.35. The van der Waals surface area contributed by atoms with E-state index in [0.29, 0.717) is 18.4 Å². The maximum Gasteiger partial charge on any atom is 0.135 e. The van der Waals surface area contributed by atoms with Crippen molar-refractivity contribution < 1.29 is 9.47 Å². The summed E-state index contributed by atoms with van der Waals surface area (Å²) in [6, 6.07) is 1.73. The zero-order valence-corrected chi connectivity index (χ0v) is 9.33. The minimum Gasteiger partial charge on any atom is -0.381 e. The van der Waals surface area contributed by atoms with Gasteiger partial charge in [-0.3, -0.25) is 0 Å². The summed E-state index contributed by atoms with van der Waals surface area (Å²) in [4.78, 5) is 8.62. The lowest BCUT2D eigenvalue weighted by atomic mass is 10.1. The number of nitrogens with zero attached hydrogens (tertiary/aromatic N) is 2. The highest BCUT2D eigenvalue weighted by Crippen LogP contribution is 2.23. The number of halogens is 1. The Balaban J connectivity index is 2.22. The zero-order chi connectivity index (χ0) is 10.7. The first-order valence-corrected chi connectivity index (χ1v) is 5.27. The average molecular weight is 229 g/mol. The summed E-state index contributed by atoms with van der Waals surface area (Å²) in [5, 5.41) is 0.471. The van der Waals surface area contributed by atoms with Crippen LogP contribution in [0, 0.1) is 0 Å². The summed E-state index contributed by atoms with van der Waals surface area (Å²) < 4.78 is 10.3. The minimum atomic E-state index is 0.277. The van der Waals surface area contributed by atoms with E-state index in [9.17, 15) is 0 Å². The average Bonchev–Trinajstić information content (AvgIpc) is 2.70. The predicted octanol–water partition coefficient (Wildman–Crippen LogP) is 1.78. The number of aromatic nitrogens is 2. The Hall–Kier alpha value is -0.710. The molecule has 1 aromatic heterocycles. The van der Waals surface area contributed by atoms with Gasteiger partial charge < -0.3 is 9.47 Å². The fourth-order valence-corrected chi connectivity index (χ4v) is 1.84. The molecule has 1 aliphatic heterocycles. The van der Waals surface area contributed by atoms with E-state index in [4.69, 9.17) is 21.1 Å². The smallest absolute Gasteiger partial charge is 0.135 e. The van der Waals surface area contributed by atoms with Gasteiger partial charge in [0.25, 0.3) is 0 Å². The molecule has 0 spiro atoms. The monoisotopic (exact) mass is 228 g/mol. The molecule has 0 N–H and O–H groups in total. The fraction of sp³-hybridized carbons (Fsp3) is 0.600. The van der Waals surface area contributed by atoms with Gasteiger partial charge in [0, 0.05) is 19.6 Å². The van der Waals surface area contributed by atoms with Crippen molar-refractivity contribution >= 4 is 11.6 Å². The van der Waals surface area contributed by atoms with Crippen LogP contribution in [-0.4, -0.2) is 30.3 Å². The van der Waals surface area contributed by atoms with Crippen molar-refractivity contribution in [2.75, 3.05) is 20.3 Å². The molecule has 1 aromatic rings. The lowest BCUT2D eigenvalue weighted by Gasteiger charge is -2.08. The molecule has 1 aliphatic rings. The van der Waals surface area contributed by atoms with Gasteiger partial charge in [0.05, 0.1) is 18.9 Å². The van der Waals surface area contributed by atoms with Crippen molar-refractivity contribution in [3.05, 3.63) is 22.7 Å². The molecule has 82 valence electrons. The van der Waals surface area contributed by atoms with Crippen LogP contribution in [0.3, 0.4) is 0 Å². The van der Waals surface area contributed by atoms with E-state index < -0.39 is 0 Å². The van der Waals surface area contributed by atoms with Crippen molar-refractivity contribution in [3.63, 3.8) is 0 Å². The van der Waals surface area contributed by atoms with Gasteiger partial charge in [0.15, 0.2) is 0 Å². The van der Waals surface area contributed by atoms with E-state index in [1.165, 1.54) is 0 Å². The highest BCUT2D eigenvalue weighted by molar-refractivity contribution is 6.29. The standard InChI is InChI=1S/C10H13ClN2O2/c1-14-6-8-4-9(11)13-10(12-8)7-2-3-15-5-7/h4,7H,2-3,5-6H2,1H3. The maximum atomic E-state index is 5.92. The Labute approximate surface area is 93.6 Å². The molecule has 1 fully saturated rings. The molecular weight excluding hydrogens is 216 g/mol. The molecule has 2 heterocycles. The Morgan fingerprint density at radius 3 is 3.13 bits per heavy atom. The second kappa shape index (κ2) is 4.88. The third kappa shape index (κ3) is 2.65. The highest BCUT2D eigenvalue weighted by Gasteiger charge is 2.21. The lowest BCUT2D eigenvalue weighted by Crippen LogP contribution is -2.07. The Bertz CT molecular complexity index is 340. The summed E-state index contributed by atoms with van der Waals surface area (Å²) >= 11 is 5.92. The van der Waals surface area contributed by atoms with Crippen LogP contribution >= 0.6 is 11.6 Å². The number of rotatable bonds is 3. The first kappa shape index (κ1) is 10.8. The van der Waals surface area contributed by atoms with Crippen molar-refractivity contribution in [1.82, 2.24) is 9.97 Å². The highest BCUT2D eigenvalue weighted by atomic mass is 35.5. The molecule has 2 rings (SSSR count). The summed E-state index contributed by atoms with van der Waals surface area (Å²) in [7, 11) is 1.63. The molecule has 1 unspecified atom stereocenters. The summed E-state index contributed by atoms with van der Waals surface area (Å²) in [6.45, 7) is 1.93. The number of hydrogen-bond donors (Lipinski definition) is 0. The Morgan fingerprint density at radius 1 is 1.60 bits per heavy atom. The molecule has 0 radical (unpaired) electrons. The largest absolute Gasteiger partial charge is 0.381 e. The molecule has 5 heteroatoms. The summed E-state index contributed by atoms with van der Waals surface area (Å²) in [5.74, 6) is 1.05. The van der Waals surface area contributed by atoms with Crippen LogP contribution in [-0.2, 0) is 16.1 Å². The predicted molar refractivity (Wildman–Crippen MR) is 55.9 cm³/mol. The molecule has 4 nitrogen and oxygen atoms in total. The van der Waals surface area contributed by atoms with Gasteiger partial charge in [-0.1, -0.05) is 11.6 Å². The molecule has 1 atom stereocenters. The maximum absolute atomic E-state index is 5.92. The van der Waals surface area contributed by atoms with Crippen LogP contribution in [0.1, 0.15) is 23.9 Å². The van der Waals surface area contributed by atoms with Gasteiger partial charge in [-0.15, -0.1) is 0 Å². The number of ether oxygens (including phenoxy) is 2. The minimum absolute atomic E-state index is 0.277. The van der Waals surface area contributed by atoms with Gasteiger partial charge in [-0.05, 0) is 12.5 Å². The second-order valence-corrected chi connectivity index (χ2v) is 3.92. The summed E-state index contributed by atoms with van der Waals surface area (Å²) in [6.07, 6.45) is 0.965. The molecule has 0 bridgehead atoms. The van der Waals surface area contributed by atoms with E-state index >= 15 is 0 Å². The van der Waals surface area contributed by atoms with Crippen LogP contribution in [0.2, 0.25) is 5.15 Å². The quantitative estimate of drug-likeness (QED) is 0.740. The first-order valence-electron chi connectivity index (χ1n) is 4.89. The molecule has 1 saturated heterocycles. The Kier molecular flexibility index (Phi) is 3.51. The number of hydrogen-bond acceptors (Lipinski definition) is 4. The van der Waals surface area contributed by atoms with Crippen molar-refractivity contribution in [2.45, 2.75) is 18.9 Å². The van der Waals surface area contributed by atoms with Gasteiger partial charge in [-0.25, -0.2) is 9.97 Å². The Morgan fingerprint density at radius 2 is 2.47 bits per heavy atom. The van der Waals surface area contributed by atoms with Crippen molar-refractivity contribution in [2.24, 2.45) is 0 Å². The normalized spacial score (nSPS) is 20.8. The van der Waals surface area contributed by atoms with Gasteiger partial charge in [0.2, 0.25) is 0 Å². The van der Waals surface area contributed by atoms with E-state index in [1.54, 1.807) is 13.2 Å². The van der Waals surface area contributed by atoms with E-state index in [2.05, 4.69) is 9.97 Å². The molecule has 0 saturated carbocycles. The molecule has 15 heavy (non-hydrogen) atoms. The molecular formula is C10H13ClN2O2.